The molecule has 1 rings (SSSR count). The van der Waals surface area contributed by atoms with Crippen molar-refractivity contribution in [3.8, 4) is 0 Å². The quantitative estimate of drug-likeness (QED) is 0.447. The molecule has 0 saturated carbocycles. The number of nitrogens with zero attached hydrogens (tertiary/aromatic N) is 1. The molecule has 0 spiro atoms. The molecule has 0 fully saturated rings. The molecule has 6 nitrogen and oxygen atoms in total. The zero-order valence-corrected chi connectivity index (χ0v) is 13.1. The zero-order chi connectivity index (χ0) is 15.0. The summed E-state index contributed by atoms with van der Waals surface area (Å²) in [6, 6.07) is 6.44. The van der Waals surface area contributed by atoms with Crippen molar-refractivity contribution in [2.45, 2.75) is 19.6 Å². The zero-order valence-electron chi connectivity index (χ0n) is 11.3. The largest absolute Gasteiger partial charge is 0.323 e. The van der Waals surface area contributed by atoms with Gasteiger partial charge in [-0.05, 0) is 24.3 Å². The van der Waals surface area contributed by atoms with Crippen LogP contribution in [0.2, 0.25) is 0 Å². The minimum absolute atomic E-state index is 0.0861. The maximum atomic E-state index is 11.3. The van der Waals surface area contributed by atoms with Crippen molar-refractivity contribution in [1.29, 1.82) is 0 Å². The van der Waals surface area contributed by atoms with E-state index in [0.717, 1.165) is 10.5 Å². The van der Waals surface area contributed by atoms with Gasteiger partial charge >= 0.3 is 0 Å². The Balaban J connectivity index is 2.44. The van der Waals surface area contributed by atoms with Gasteiger partial charge in [-0.25, -0.2) is 0 Å². The van der Waals surface area contributed by atoms with Crippen LogP contribution >= 0.6 is 19.9 Å². The van der Waals surface area contributed by atoms with Gasteiger partial charge in [0.05, 0.1) is 11.5 Å². The van der Waals surface area contributed by atoms with Crippen molar-refractivity contribution in [2.24, 2.45) is 0 Å². The standard InChI is InChI=1S/C12H17N2O4PS/c1-3-18-19(17)13-8-10(2)20-9-11-4-6-12(7-5-11)14(15)16/h4-8,19H,3,9H2,1-2H3,(H,13,17). The fraction of sp³-hybridized carbons (Fsp3) is 0.333. The van der Waals surface area contributed by atoms with Crippen molar-refractivity contribution < 1.29 is 14.0 Å². The average molecular weight is 316 g/mol. The molecule has 1 atom stereocenters. The number of nitro benzene ring substituents is 1. The van der Waals surface area contributed by atoms with Gasteiger partial charge in [-0.3, -0.25) is 14.7 Å². The van der Waals surface area contributed by atoms with Gasteiger partial charge in [0.25, 0.3) is 13.9 Å². The van der Waals surface area contributed by atoms with Gasteiger partial charge in [0.1, 0.15) is 0 Å². The van der Waals surface area contributed by atoms with Crippen LogP contribution in [0.5, 0.6) is 0 Å². The number of nitro groups is 1. The number of rotatable bonds is 8. The van der Waals surface area contributed by atoms with Crippen LogP contribution in [-0.2, 0) is 14.8 Å². The number of allylic oxidation sites excluding steroid dienone is 1. The number of thioether (sulfide) groups is 1. The van der Waals surface area contributed by atoms with E-state index in [1.807, 2.05) is 6.92 Å². The summed E-state index contributed by atoms with van der Waals surface area (Å²) in [5, 5.41) is 13.2. The third-order valence-corrected chi connectivity index (χ3v) is 4.26. The van der Waals surface area contributed by atoms with Gasteiger partial charge in [0.15, 0.2) is 0 Å². The smallest absolute Gasteiger partial charge is 0.281 e. The number of nitrogens with one attached hydrogen (secondary N) is 1. The van der Waals surface area contributed by atoms with E-state index < -0.39 is 13.1 Å². The molecule has 0 aromatic heterocycles. The van der Waals surface area contributed by atoms with Crippen LogP contribution in [0, 0.1) is 10.1 Å². The third-order valence-electron chi connectivity index (χ3n) is 2.28. The Morgan fingerprint density at radius 1 is 1.50 bits per heavy atom. The number of non-ortho nitro benzene ring substituents is 1. The lowest BCUT2D eigenvalue weighted by atomic mass is 10.2. The van der Waals surface area contributed by atoms with E-state index in [2.05, 4.69) is 5.09 Å². The minimum Gasteiger partial charge on any atom is -0.323 e. The van der Waals surface area contributed by atoms with Gasteiger partial charge in [-0.1, -0.05) is 12.1 Å². The summed E-state index contributed by atoms with van der Waals surface area (Å²) in [5.41, 5.74) is 1.08. The Labute approximate surface area is 122 Å². The van der Waals surface area contributed by atoms with Crippen molar-refractivity contribution in [2.75, 3.05) is 6.61 Å². The second-order valence-electron chi connectivity index (χ2n) is 3.83. The first-order valence-electron chi connectivity index (χ1n) is 5.99. The molecule has 1 aromatic carbocycles. The van der Waals surface area contributed by atoms with E-state index in [1.165, 1.54) is 12.1 Å². The monoisotopic (exact) mass is 316 g/mol. The van der Waals surface area contributed by atoms with Gasteiger partial charge < -0.3 is 9.61 Å². The number of hydrogen-bond donors (Lipinski definition) is 1. The normalized spacial score (nSPS) is 13.0. The van der Waals surface area contributed by atoms with Crippen molar-refractivity contribution in [3.05, 3.63) is 51.0 Å². The fourth-order valence-electron chi connectivity index (χ4n) is 1.29. The Morgan fingerprint density at radius 2 is 2.15 bits per heavy atom. The lowest BCUT2D eigenvalue weighted by Gasteiger charge is -2.04. The molecule has 0 saturated heterocycles. The van der Waals surface area contributed by atoms with E-state index in [0.29, 0.717) is 12.4 Å². The highest BCUT2D eigenvalue weighted by molar-refractivity contribution is 8.02. The third kappa shape index (κ3) is 6.23. The second kappa shape index (κ2) is 8.79. The van der Waals surface area contributed by atoms with Crippen molar-refractivity contribution in [1.82, 2.24) is 5.09 Å². The predicted molar refractivity (Wildman–Crippen MR) is 81.9 cm³/mol. The molecule has 0 amide bonds. The summed E-state index contributed by atoms with van der Waals surface area (Å²) in [6.45, 7) is 4.09. The summed E-state index contributed by atoms with van der Waals surface area (Å²) in [7, 11) is -2.20. The van der Waals surface area contributed by atoms with Crippen LogP contribution in [0.15, 0.2) is 35.4 Å². The lowest BCUT2D eigenvalue weighted by Crippen LogP contribution is -1.95. The number of hydrogen-bond acceptors (Lipinski definition) is 5. The highest BCUT2D eigenvalue weighted by atomic mass is 32.2. The van der Waals surface area contributed by atoms with E-state index in [9.17, 15) is 14.7 Å². The summed E-state index contributed by atoms with van der Waals surface area (Å²) in [4.78, 5) is 11.1. The Kier molecular flexibility index (Phi) is 7.36. The van der Waals surface area contributed by atoms with E-state index in [-0.39, 0.29) is 5.69 Å². The molecule has 0 aliphatic rings. The van der Waals surface area contributed by atoms with Crippen LogP contribution in [0.4, 0.5) is 5.69 Å². The minimum atomic E-state index is -2.20. The van der Waals surface area contributed by atoms with Gasteiger partial charge in [-0.15, -0.1) is 11.8 Å². The first kappa shape index (κ1) is 16.8. The van der Waals surface area contributed by atoms with Crippen LogP contribution in [0.1, 0.15) is 19.4 Å². The summed E-state index contributed by atoms with van der Waals surface area (Å²) in [6.07, 6.45) is 1.66. The van der Waals surface area contributed by atoms with Crippen LogP contribution in [-0.4, -0.2) is 11.5 Å². The van der Waals surface area contributed by atoms with E-state index in [4.69, 9.17) is 4.52 Å². The Bertz CT molecular complexity index is 505. The van der Waals surface area contributed by atoms with Gasteiger partial charge in [0, 0.05) is 24.1 Å². The highest BCUT2D eigenvalue weighted by Gasteiger charge is 2.04. The predicted octanol–water partition coefficient (Wildman–Crippen LogP) is 3.71. The first-order valence-corrected chi connectivity index (χ1v) is 8.29. The summed E-state index contributed by atoms with van der Waals surface area (Å²) >= 11 is 1.55. The molecule has 110 valence electrons. The maximum Gasteiger partial charge on any atom is 0.281 e. The maximum absolute atomic E-state index is 11.3. The fourth-order valence-corrected chi connectivity index (χ4v) is 2.80. The lowest BCUT2D eigenvalue weighted by molar-refractivity contribution is -0.384. The Morgan fingerprint density at radius 3 is 2.70 bits per heavy atom. The molecule has 1 N–H and O–H groups in total. The van der Waals surface area contributed by atoms with Crippen molar-refractivity contribution >= 4 is 25.6 Å². The molecule has 0 radical (unpaired) electrons. The Hall–Kier alpha value is -1.30. The summed E-state index contributed by atoms with van der Waals surface area (Å²) < 4.78 is 16.2. The SMILES string of the molecule is CCO[PH](=O)NC=C(C)SCc1ccc([N+](=O)[O-])cc1. The topological polar surface area (TPSA) is 81.5 Å². The van der Waals surface area contributed by atoms with E-state index >= 15 is 0 Å². The highest BCUT2D eigenvalue weighted by Crippen LogP contribution is 2.23. The van der Waals surface area contributed by atoms with Crippen molar-refractivity contribution in [3.63, 3.8) is 0 Å². The van der Waals surface area contributed by atoms with Gasteiger partial charge in [-0.2, -0.15) is 0 Å². The first-order chi connectivity index (χ1) is 9.52. The van der Waals surface area contributed by atoms with E-state index in [1.54, 1.807) is 37.0 Å². The summed E-state index contributed by atoms with van der Waals surface area (Å²) in [5.74, 6) is 0.692. The number of benzene rings is 1. The van der Waals surface area contributed by atoms with Crippen LogP contribution in [0.25, 0.3) is 0 Å². The van der Waals surface area contributed by atoms with Gasteiger partial charge in [0.2, 0.25) is 0 Å². The molecule has 0 heterocycles. The average Bonchev–Trinajstić information content (AvgIpc) is 2.43. The molecule has 0 aliphatic heterocycles. The molecule has 8 heteroatoms. The molecule has 1 unspecified atom stereocenters. The van der Waals surface area contributed by atoms with Crippen LogP contribution < -0.4 is 5.09 Å². The molecular formula is C12H17N2O4PS. The molecule has 1 aromatic rings. The molecule has 0 aliphatic carbocycles. The molecule has 20 heavy (non-hydrogen) atoms. The molecule has 0 bridgehead atoms. The molecular weight excluding hydrogens is 299 g/mol. The second-order valence-corrected chi connectivity index (χ2v) is 6.21. The van der Waals surface area contributed by atoms with Crippen LogP contribution in [0.3, 0.4) is 0 Å².